The molecule has 0 radical (unpaired) electrons. The fraction of sp³-hybridized carbons (Fsp3) is 0.455. The van der Waals surface area contributed by atoms with Gasteiger partial charge >= 0.3 is 0 Å². The molecule has 2 fully saturated rings. The van der Waals surface area contributed by atoms with E-state index in [9.17, 15) is 9.50 Å². The molecule has 30 heavy (non-hydrogen) atoms. The molecule has 0 amide bonds. The van der Waals surface area contributed by atoms with Gasteiger partial charge in [0.15, 0.2) is 0 Å². The molecule has 3 aromatic rings. The highest BCUT2D eigenvalue weighted by Gasteiger charge is 2.29. The van der Waals surface area contributed by atoms with Crippen molar-refractivity contribution >= 4 is 11.5 Å². The minimum atomic E-state index is -0.507. The fourth-order valence-electron chi connectivity index (χ4n) is 4.64. The molecular weight excluding hydrogens is 385 g/mol. The summed E-state index contributed by atoms with van der Waals surface area (Å²) in [6.45, 7) is 5.44. The van der Waals surface area contributed by atoms with Gasteiger partial charge in [-0.05, 0) is 62.6 Å². The first-order chi connectivity index (χ1) is 14.6. The van der Waals surface area contributed by atoms with E-state index in [1.54, 1.807) is 6.92 Å². The normalized spacial score (nSPS) is 22.6. The average molecular weight is 411 g/mol. The third-order valence-electron chi connectivity index (χ3n) is 6.12. The number of halogens is 1. The highest BCUT2D eigenvalue weighted by Crippen LogP contribution is 2.34. The standard InChI is InChI=1S/C22H26FN5O2/c1-14-10-17(23)20(19(29)11-14)21-18-5-3-8-28(18)22(26-25-21)24-15-4-2-7-27(12-15)16-6-9-30-13-16/h3,5,8,10-11,15-16,29H,2,4,6-7,9,12-13H2,1H3,(H,24,26)/t15-,16?/m1/s1. The predicted molar refractivity (Wildman–Crippen MR) is 112 cm³/mol. The molecule has 2 aliphatic rings. The Morgan fingerprint density at radius 1 is 1.27 bits per heavy atom. The zero-order valence-corrected chi connectivity index (χ0v) is 17.0. The number of ether oxygens (including phenoxy) is 1. The number of aromatic hydroxyl groups is 1. The fourth-order valence-corrected chi connectivity index (χ4v) is 4.64. The number of fused-ring (bicyclic) bond motifs is 1. The molecule has 2 atom stereocenters. The highest BCUT2D eigenvalue weighted by molar-refractivity contribution is 5.81. The summed E-state index contributed by atoms with van der Waals surface area (Å²) in [7, 11) is 0. The van der Waals surface area contributed by atoms with Crippen molar-refractivity contribution in [2.75, 3.05) is 31.6 Å². The smallest absolute Gasteiger partial charge is 0.228 e. The molecule has 0 spiro atoms. The van der Waals surface area contributed by atoms with E-state index in [1.165, 1.54) is 12.1 Å². The molecule has 1 aromatic carbocycles. The Hall–Kier alpha value is -2.71. The Bertz CT molecular complexity index is 1040. The van der Waals surface area contributed by atoms with Crippen LogP contribution in [0.5, 0.6) is 5.75 Å². The van der Waals surface area contributed by atoms with Crippen molar-refractivity contribution in [3.63, 3.8) is 0 Å². The van der Waals surface area contributed by atoms with Crippen molar-refractivity contribution < 1.29 is 14.2 Å². The summed E-state index contributed by atoms with van der Waals surface area (Å²) in [6, 6.07) is 7.42. The second-order valence-electron chi connectivity index (χ2n) is 8.27. The number of rotatable bonds is 4. The topological polar surface area (TPSA) is 74.9 Å². The summed E-state index contributed by atoms with van der Waals surface area (Å²) >= 11 is 0. The molecule has 0 bridgehead atoms. The number of benzene rings is 1. The average Bonchev–Trinajstić information content (AvgIpc) is 3.41. The molecule has 1 unspecified atom stereocenters. The molecule has 8 heteroatoms. The van der Waals surface area contributed by atoms with Crippen LogP contribution in [0.2, 0.25) is 0 Å². The number of nitrogens with one attached hydrogen (secondary N) is 1. The van der Waals surface area contributed by atoms with Crippen molar-refractivity contribution in [1.82, 2.24) is 19.5 Å². The molecule has 2 N–H and O–H groups in total. The van der Waals surface area contributed by atoms with E-state index in [1.807, 2.05) is 22.7 Å². The van der Waals surface area contributed by atoms with E-state index >= 15 is 0 Å². The highest BCUT2D eigenvalue weighted by atomic mass is 19.1. The van der Waals surface area contributed by atoms with Crippen molar-refractivity contribution in [3.8, 4) is 17.0 Å². The van der Waals surface area contributed by atoms with Gasteiger partial charge in [-0.25, -0.2) is 4.39 Å². The van der Waals surface area contributed by atoms with Crippen LogP contribution in [0.4, 0.5) is 10.3 Å². The van der Waals surface area contributed by atoms with Crippen LogP contribution in [-0.2, 0) is 4.74 Å². The summed E-state index contributed by atoms with van der Waals surface area (Å²) in [4.78, 5) is 2.50. The van der Waals surface area contributed by atoms with Gasteiger partial charge in [-0.15, -0.1) is 10.2 Å². The molecule has 5 rings (SSSR count). The van der Waals surface area contributed by atoms with E-state index in [-0.39, 0.29) is 17.4 Å². The first kappa shape index (κ1) is 19.3. The number of likely N-dealkylation sites (tertiary alicyclic amines) is 1. The third kappa shape index (κ3) is 3.50. The SMILES string of the molecule is Cc1cc(O)c(-c2nnc(N[C@@H]3CCCN(C4CCOC4)C3)n3cccc23)c(F)c1. The molecule has 2 aliphatic heterocycles. The first-order valence-electron chi connectivity index (χ1n) is 10.5. The quantitative estimate of drug-likeness (QED) is 0.687. The Balaban J connectivity index is 1.43. The van der Waals surface area contributed by atoms with Gasteiger partial charge in [-0.3, -0.25) is 9.30 Å². The van der Waals surface area contributed by atoms with Gasteiger partial charge in [-0.2, -0.15) is 0 Å². The maximum absolute atomic E-state index is 14.6. The Labute approximate surface area is 174 Å². The number of aromatic nitrogens is 3. The predicted octanol–water partition coefficient (Wildman–Crippen LogP) is 3.21. The van der Waals surface area contributed by atoms with Gasteiger partial charge in [-0.1, -0.05) is 0 Å². The molecule has 0 aliphatic carbocycles. The number of piperidine rings is 1. The summed E-state index contributed by atoms with van der Waals surface area (Å²) in [5.41, 5.74) is 1.76. The summed E-state index contributed by atoms with van der Waals surface area (Å²) < 4.78 is 22.1. The lowest BCUT2D eigenvalue weighted by molar-refractivity contribution is 0.123. The minimum absolute atomic E-state index is 0.0772. The lowest BCUT2D eigenvalue weighted by atomic mass is 10.0. The number of hydrogen-bond acceptors (Lipinski definition) is 6. The number of hydrogen-bond donors (Lipinski definition) is 2. The van der Waals surface area contributed by atoms with E-state index in [2.05, 4.69) is 20.4 Å². The maximum Gasteiger partial charge on any atom is 0.228 e. The Morgan fingerprint density at radius 2 is 2.17 bits per heavy atom. The summed E-state index contributed by atoms with van der Waals surface area (Å²) in [5, 5.41) is 22.5. The van der Waals surface area contributed by atoms with Crippen LogP contribution < -0.4 is 5.32 Å². The molecular formula is C22H26FN5O2. The van der Waals surface area contributed by atoms with Crippen LogP contribution in [0.15, 0.2) is 30.5 Å². The van der Waals surface area contributed by atoms with Crippen LogP contribution in [-0.4, -0.2) is 63.0 Å². The minimum Gasteiger partial charge on any atom is -0.507 e. The van der Waals surface area contributed by atoms with Crippen molar-refractivity contribution in [2.24, 2.45) is 0 Å². The molecule has 158 valence electrons. The molecule has 2 aromatic heterocycles. The van der Waals surface area contributed by atoms with Crippen LogP contribution in [0.1, 0.15) is 24.8 Å². The summed E-state index contributed by atoms with van der Waals surface area (Å²) in [5.74, 6) is -0.0140. The Kier molecular flexibility index (Phi) is 5.04. The van der Waals surface area contributed by atoms with E-state index < -0.39 is 5.82 Å². The largest absolute Gasteiger partial charge is 0.507 e. The molecule has 7 nitrogen and oxygen atoms in total. The second kappa shape index (κ2) is 7.85. The van der Waals surface area contributed by atoms with Crippen molar-refractivity contribution in [1.29, 1.82) is 0 Å². The van der Waals surface area contributed by atoms with E-state index in [0.717, 1.165) is 45.6 Å². The number of aryl methyl sites for hydroxylation is 1. The molecule has 2 saturated heterocycles. The van der Waals surface area contributed by atoms with Gasteiger partial charge in [0.2, 0.25) is 5.95 Å². The summed E-state index contributed by atoms with van der Waals surface area (Å²) in [6.07, 6.45) is 5.15. The first-order valence-corrected chi connectivity index (χ1v) is 10.5. The second-order valence-corrected chi connectivity index (χ2v) is 8.27. The molecule has 4 heterocycles. The van der Waals surface area contributed by atoms with Crippen molar-refractivity contribution in [2.45, 2.75) is 38.3 Å². The van der Waals surface area contributed by atoms with Crippen LogP contribution in [0.3, 0.4) is 0 Å². The third-order valence-corrected chi connectivity index (χ3v) is 6.12. The number of phenols is 1. The number of anilines is 1. The van der Waals surface area contributed by atoms with E-state index in [4.69, 9.17) is 4.74 Å². The van der Waals surface area contributed by atoms with Gasteiger partial charge in [0, 0.05) is 31.4 Å². The van der Waals surface area contributed by atoms with Crippen LogP contribution in [0, 0.1) is 12.7 Å². The zero-order valence-electron chi connectivity index (χ0n) is 17.0. The number of phenolic OH excluding ortho intramolecular Hbond substituents is 1. The van der Waals surface area contributed by atoms with Gasteiger partial charge in [0.25, 0.3) is 0 Å². The molecule has 0 saturated carbocycles. The van der Waals surface area contributed by atoms with Crippen LogP contribution in [0.25, 0.3) is 16.8 Å². The Morgan fingerprint density at radius 3 is 2.97 bits per heavy atom. The lowest BCUT2D eigenvalue weighted by Gasteiger charge is -2.36. The van der Waals surface area contributed by atoms with Crippen molar-refractivity contribution in [3.05, 3.63) is 41.8 Å². The lowest BCUT2D eigenvalue weighted by Crippen LogP contribution is -2.47. The number of nitrogens with zero attached hydrogens (tertiary/aromatic N) is 4. The van der Waals surface area contributed by atoms with Gasteiger partial charge in [0.1, 0.15) is 17.3 Å². The monoisotopic (exact) mass is 411 g/mol. The maximum atomic E-state index is 14.6. The van der Waals surface area contributed by atoms with Gasteiger partial charge in [0.05, 0.1) is 17.7 Å². The van der Waals surface area contributed by atoms with E-state index in [0.29, 0.717) is 28.8 Å². The van der Waals surface area contributed by atoms with Crippen LogP contribution >= 0.6 is 0 Å². The van der Waals surface area contributed by atoms with Gasteiger partial charge < -0.3 is 15.2 Å². The zero-order chi connectivity index (χ0) is 20.7.